The molecular weight excluding hydrogens is 234 g/mol. The van der Waals surface area contributed by atoms with Crippen molar-refractivity contribution in [2.24, 2.45) is 0 Å². The summed E-state index contributed by atoms with van der Waals surface area (Å²) < 4.78 is 5.57. The van der Waals surface area contributed by atoms with Crippen LogP contribution in [0.15, 0.2) is 36.9 Å². The van der Waals surface area contributed by atoms with Gasteiger partial charge in [-0.05, 0) is 36.6 Å². The van der Waals surface area contributed by atoms with E-state index in [2.05, 4.69) is 36.9 Å². The van der Waals surface area contributed by atoms with Gasteiger partial charge in [0.1, 0.15) is 0 Å². The minimum Gasteiger partial charge on any atom is -0.381 e. The van der Waals surface area contributed by atoms with Crippen molar-refractivity contribution < 1.29 is 4.74 Å². The molecule has 1 heterocycles. The summed E-state index contributed by atoms with van der Waals surface area (Å²) in [5.74, 6) is 0.452. The molecule has 0 N–H and O–H groups in total. The molecule has 1 aromatic carbocycles. The van der Waals surface area contributed by atoms with E-state index in [1.54, 1.807) is 7.11 Å². The maximum Gasteiger partial charge on any atom is 0.0705 e. The number of nitrogens with zero attached hydrogens (tertiary/aromatic N) is 1. The molecule has 0 saturated heterocycles. The van der Waals surface area contributed by atoms with Gasteiger partial charge in [0.25, 0.3) is 0 Å². The zero-order chi connectivity index (χ0) is 13.2. The van der Waals surface area contributed by atoms with Crippen LogP contribution in [0.25, 0.3) is 17.0 Å². The van der Waals surface area contributed by atoms with E-state index in [1.807, 2.05) is 6.08 Å². The van der Waals surface area contributed by atoms with Crippen molar-refractivity contribution in [3.63, 3.8) is 0 Å². The number of ether oxygens (including phenoxy) is 1. The van der Waals surface area contributed by atoms with Crippen molar-refractivity contribution in [3.8, 4) is 0 Å². The van der Waals surface area contributed by atoms with Crippen LogP contribution in [0.4, 0.5) is 0 Å². The van der Waals surface area contributed by atoms with Crippen LogP contribution in [0.2, 0.25) is 0 Å². The topological polar surface area (TPSA) is 22.1 Å². The molecule has 98 valence electrons. The van der Waals surface area contributed by atoms with E-state index < -0.39 is 0 Å². The summed E-state index contributed by atoms with van der Waals surface area (Å²) in [6, 6.07) is 10.6. The Morgan fingerprint density at radius 2 is 2.16 bits per heavy atom. The average molecular weight is 253 g/mol. The summed E-state index contributed by atoms with van der Waals surface area (Å²) >= 11 is 0. The van der Waals surface area contributed by atoms with Crippen molar-refractivity contribution in [2.45, 2.75) is 31.3 Å². The number of hydrogen-bond acceptors (Lipinski definition) is 2. The van der Waals surface area contributed by atoms with Crippen molar-refractivity contribution in [1.29, 1.82) is 0 Å². The molecule has 3 rings (SSSR count). The van der Waals surface area contributed by atoms with Crippen molar-refractivity contribution in [1.82, 2.24) is 4.98 Å². The molecule has 1 fully saturated rings. The zero-order valence-electron chi connectivity index (χ0n) is 11.3. The second-order valence-corrected chi connectivity index (χ2v) is 5.20. The first-order valence-electron chi connectivity index (χ1n) is 6.88. The standard InChI is InChI=1S/C17H19NO/c1-3-12-7-9-15-13(11-12)8-10-16(18-15)14-5-4-6-17(14)19-2/h3,7-11,14,17H,1,4-6H2,2H3/t14-,17+/m1/s1. The Kier molecular flexibility index (Phi) is 3.34. The average Bonchev–Trinajstić information content (AvgIpc) is 2.94. The largest absolute Gasteiger partial charge is 0.381 e. The maximum atomic E-state index is 5.57. The van der Waals surface area contributed by atoms with Gasteiger partial charge in [-0.3, -0.25) is 4.98 Å². The van der Waals surface area contributed by atoms with Gasteiger partial charge in [0.05, 0.1) is 11.6 Å². The molecule has 0 unspecified atom stereocenters. The third kappa shape index (κ3) is 2.28. The van der Waals surface area contributed by atoms with Crippen LogP contribution in [-0.2, 0) is 4.74 Å². The predicted molar refractivity (Wildman–Crippen MR) is 79.2 cm³/mol. The molecule has 2 atom stereocenters. The summed E-state index contributed by atoms with van der Waals surface area (Å²) in [6.07, 6.45) is 5.76. The summed E-state index contributed by atoms with van der Waals surface area (Å²) in [7, 11) is 1.81. The Morgan fingerprint density at radius 1 is 1.26 bits per heavy atom. The van der Waals surface area contributed by atoms with Crippen LogP contribution in [0.1, 0.15) is 36.4 Å². The van der Waals surface area contributed by atoms with Crippen molar-refractivity contribution >= 4 is 17.0 Å². The third-order valence-corrected chi connectivity index (χ3v) is 4.11. The van der Waals surface area contributed by atoms with E-state index in [-0.39, 0.29) is 0 Å². The highest BCUT2D eigenvalue weighted by atomic mass is 16.5. The number of methoxy groups -OCH3 is 1. The first-order chi connectivity index (χ1) is 9.31. The molecule has 2 heteroatoms. The zero-order valence-corrected chi connectivity index (χ0v) is 11.3. The lowest BCUT2D eigenvalue weighted by Crippen LogP contribution is -2.15. The molecule has 1 saturated carbocycles. The number of pyridine rings is 1. The highest BCUT2D eigenvalue weighted by molar-refractivity contribution is 5.81. The fourth-order valence-corrected chi connectivity index (χ4v) is 3.04. The van der Waals surface area contributed by atoms with Gasteiger partial charge >= 0.3 is 0 Å². The molecule has 19 heavy (non-hydrogen) atoms. The predicted octanol–water partition coefficient (Wildman–Crippen LogP) is 4.16. The Balaban J connectivity index is 1.99. The summed E-state index contributed by atoms with van der Waals surface area (Å²) in [5, 5.41) is 1.17. The van der Waals surface area contributed by atoms with Crippen LogP contribution < -0.4 is 0 Å². The second-order valence-electron chi connectivity index (χ2n) is 5.20. The van der Waals surface area contributed by atoms with Crippen LogP contribution in [-0.4, -0.2) is 18.2 Å². The Labute approximate surface area is 114 Å². The second kappa shape index (κ2) is 5.14. The Morgan fingerprint density at radius 3 is 2.95 bits per heavy atom. The van der Waals surface area contributed by atoms with E-state index in [0.717, 1.165) is 17.5 Å². The first-order valence-corrected chi connectivity index (χ1v) is 6.88. The highest BCUT2D eigenvalue weighted by Gasteiger charge is 2.29. The van der Waals surface area contributed by atoms with E-state index in [4.69, 9.17) is 9.72 Å². The monoisotopic (exact) mass is 253 g/mol. The van der Waals surface area contributed by atoms with E-state index in [1.165, 1.54) is 23.9 Å². The van der Waals surface area contributed by atoms with Crippen LogP contribution in [0, 0.1) is 0 Å². The SMILES string of the molecule is C=Cc1ccc2nc([C@H]3CCC[C@@H]3OC)ccc2c1. The minimum absolute atomic E-state index is 0.331. The van der Waals surface area contributed by atoms with E-state index in [9.17, 15) is 0 Å². The third-order valence-electron chi connectivity index (χ3n) is 4.11. The lowest BCUT2D eigenvalue weighted by Gasteiger charge is -2.18. The number of rotatable bonds is 3. The normalized spacial score (nSPS) is 22.8. The Hall–Kier alpha value is -1.67. The van der Waals surface area contributed by atoms with Crippen LogP contribution in [0.5, 0.6) is 0 Å². The van der Waals surface area contributed by atoms with Gasteiger partial charge < -0.3 is 4.74 Å². The lowest BCUT2D eigenvalue weighted by atomic mass is 9.99. The molecule has 1 aliphatic rings. The van der Waals surface area contributed by atoms with E-state index >= 15 is 0 Å². The van der Waals surface area contributed by atoms with Crippen LogP contribution >= 0.6 is 0 Å². The van der Waals surface area contributed by atoms with Crippen molar-refractivity contribution in [2.75, 3.05) is 7.11 Å². The van der Waals surface area contributed by atoms with Gasteiger partial charge in [-0.2, -0.15) is 0 Å². The van der Waals surface area contributed by atoms with Gasteiger partial charge in [-0.25, -0.2) is 0 Å². The molecule has 0 aliphatic heterocycles. The van der Waals surface area contributed by atoms with Gasteiger partial charge in [0, 0.05) is 24.1 Å². The molecule has 2 nitrogen and oxygen atoms in total. The highest BCUT2D eigenvalue weighted by Crippen LogP contribution is 2.36. The molecule has 1 aliphatic carbocycles. The molecule has 0 spiro atoms. The smallest absolute Gasteiger partial charge is 0.0705 e. The number of hydrogen-bond donors (Lipinski definition) is 0. The van der Waals surface area contributed by atoms with Gasteiger partial charge in [0.15, 0.2) is 0 Å². The molecule has 0 radical (unpaired) electrons. The summed E-state index contributed by atoms with van der Waals surface area (Å²) in [6.45, 7) is 3.80. The number of fused-ring (bicyclic) bond motifs is 1. The van der Waals surface area contributed by atoms with E-state index in [0.29, 0.717) is 12.0 Å². The minimum atomic E-state index is 0.331. The number of benzene rings is 1. The molecule has 0 amide bonds. The molecule has 2 aromatic rings. The lowest BCUT2D eigenvalue weighted by molar-refractivity contribution is 0.0936. The number of aromatic nitrogens is 1. The van der Waals surface area contributed by atoms with Gasteiger partial charge in [0.2, 0.25) is 0 Å². The quantitative estimate of drug-likeness (QED) is 0.819. The van der Waals surface area contributed by atoms with Crippen molar-refractivity contribution in [3.05, 3.63) is 48.2 Å². The molecular formula is C17H19NO. The Bertz CT molecular complexity index is 605. The van der Waals surface area contributed by atoms with Gasteiger partial charge in [-0.15, -0.1) is 0 Å². The van der Waals surface area contributed by atoms with Gasteiger partial charge in [-0.1, -0.05) is 31.2 Å². The fraction of sp³-hybridized carbons (Fsp3) is 0.353. The summed E-state index contributed by atoms with van der Waals surface area (Å²) in [5.41, 5.74) is 3.37. The molecule has 1 aromatic heterocycles. The fourth-order valence-electron chi connectivity index (χ4n) is 3.04. The van der Waals surface area contributed by atoms with Crippen LogP contribution in [0.3, 0.4) is 0 Å². The maximum absolute atomic E-state index is 5.57. The first kappa shape index (κ1) is 12.4. The molecule has 0 bridgehead atoms. The summed E-state index contributed by atoms with van der Waals surface area (Å²) in [4.78, 5) is 4.82.